The number of ketones is 1. The average Bonchev–Trinajstić information content (AvgIpc) is 2.63. The van der Waals surface area contributed by atoms with Crippen molar-refractivity contribution in [1.29, 1.82) is 0 Å². The van der Waals surface area contributed by atoms with Gasteiger partial charge in [-0.2, -0.15) is 0 Å². The molecule has 4 nitrogen and oxygen atoms in total. The summed E-state index contributed by atoms with van der Waals surface area (Å²) >= 11 is 0. The number of ether oxygens (including phenoxy) is 1. The Bertz CT molecular complexity index is 928. The summed E-state index contributed by atoms with van der Waals surface area (Å²) in [5.41, 5.74) is 3.10. The van der Waals surface area contributed by atoms with Crippen molar-refractivity contribution in [3.63, 3.8) is 0 Å². The van der Waals surface area contributed by atoms with Gasteiger partial charge in [0, 0.05) is 23.8 Å². The molecule has 0 atom stereocenters. The van der Waals surface area contributed by atoms with Gasteiger partial charge in [-0.3, -0.25) is 9.78 Å². The molecule has 2 aromatic carbocycles. The molecule has 0 fully saturated rings. The molecule has 0 amide bonds. The third-order valence-corrected chi connectivity index (χ3v) is 4.35. The Labute approximate surface area is 139 Å². The fraction of sp³-hybridized carbons (Fsp3) is 0.200. The summed E-state index contributed by atoms with van der Waals surface area (Å²) in [5.74, 6) is 0.699. The van der Waals surface area contributed by atoms with E-state index in [1.165, 1.54) is 0 Å². The van der Waals surface area contributed by atoms with E-state index in [0.29, 0.717) is 17.9 Å². The maximum atomic E-state index is 12.8. The predicted octanol–water partition coefficient (Wildman–Crippen LogP) is 3.60. The molecule has 3 aromatic rings. The van der Waals surface area contributed by atoms with Crippen LogP contribution >= 0.6 is 0 Å². The second kappa shape index (κ2) is 6.06. The van der Waals surface area contributed by atoms with Crippen molar-refractivity contribution in [3.05, 3.63) is 59.9 Å². The first-order valence-electron chi connectivity index (χ1n) is 8.10. The first-order valence-corrected chi connectivity index (χ1v) is 8.10. The van der Waals surface area contributed by atoms with Crippen LogP contribution in [-0.4, -0.2) is 29.1 Å². The number of benzene rings is 2. The molecule has 1 aliphatic carbocycles. The van der Waals surface area contributed by atoms with Crippen LogP contribution in [0.15, 0.2) is 48.7 Å². The summed E-state index contributed by atoms with van der Waals surface area (Å²) < 4.78 is 5.76. The minimum Gasteiger partial charge on any atom is -0.494 e. The van der Waals surface area contributed by atoms with E-state index in [0.717, 1.165) is 40.5 Å². The number of carbonyl (C=O) groups is 1. The summed E-state index contributed by atoms with van der Waals surface area (Å²) in [4.78, 5) is 17.1. The van der Waals surface area contributed by atoms with Crippen molar-refractivity contribution in [2.45, 2.75) is 12.8 Å². The van der Waals surface area contributed by atoms with Gasteiger partial charge in [0.1, 0.15) is 11.4 Å². The lowest BCUT2D eigenvalue weighted by molar-refractivity contribution is 0.103. The van der Waals surface area contributed by atoms with Crippen molar-refractivity contribution < 1.29 is 14.6 Å². The highest BCUT2D eigenvalue weighted by Crippen LogP contribution is 2.39. The zero-order valence-electron chi connectivity index (χ0n) is 13.2. The van der Waals surface area contributed by atoms with Gasteiger partial charge in [-0.1, -0.05) is 18.2 Å². The van der Waals surface area contributed by atoms with E-state index in [1.54, 1.807) is 6.20 Å². The molecule has 0 saturated heterocycles. The van der Waals surface area contributed by atoms with E-state index in [1.807, 2.05) is 42.5 Å². The molecule has 1 N–H and O–H groups in total. The van der Waals surface area contributed by atoms with Crippen molar-refractivity contribution >= 4 is 16.6 Å². The van der Waals surface area contributed by atoms with Gasteiger partial charge >= 0.3 is 0 Å². The molecule has 0 bridgehead atoms. The van der Waals surface area contributed by atoms with Crippen molar-refractivity contribution in [1.82, 2.24) is 4.98 Å². The van der Waals surface area contributed by atoms with Gasteiger partial charge < -0.3 is 9.84 Å². The van der Waals surface area contributed by atoms with Gasteiger partial charge in [-0.05, 0) is 53.6 Å². The highest BCUT2D eigenvalue weighted by Gasteiger charge is 2.26. The largest absolute Gasteiger partial charge is 0.494 e. The third-order valence-electron chi connectivity index (χ3n) is 4.35. The average molecular weight is 319 g/mol. The number of carbonyl (C=O) groups excluding carboxylic acids is 1. The minimum atomic E-state index is -0.0406. The van der Waals surface area contributed by atoms with Crippen LogP contribution < -0.4 is 4.74 Å². The Hall–Kier alpha value is -2.72. The van der Waals surface area contributed by atoms with Crippen molar-refractivity contribution in [2.24, 2.45) is 0 Å². The number of nitrogens with zero attached hydrogens (tertiary/aromatic N) is 1. The Morgan fingerprint density at radius 1 is 1.00 bits per heavy atom. The lowest BCUT2D eigenvalue weighted by Crippen LogP contribution is -2.12. The maximum absolute atomic E-state index is 12.8. The van der Waals surface area contributed by atoms with Gasteiger partial charge in [-0.25, -0.2) is 0 Å². The number of pyridine rings is 1. The van der Waals surface area contributed by atoms with Crippen LogP contribution in [0, 0.1) is 0 Å². The van der Waals surface area contributed by atoms with Gasteiger partial charge in [0.2, 0.25) is 5.78 Å². The zero-order valence-corrected chi connectivity index (χ0v) is 13.2. The van der Waals surface area contributed by atoms with Crippen LogP contribution in [0.25, 0.3) is 21.9 Å². The quantitative estimate of drug-likeness (QED) is 0.571. The van der Waals surface area contributed by atoms with E-state index in [9.17, 15) is 4.79 Å². The number of aliphatic hydroxyl groups excluding tert-OH is 1. The first kappa shape index (κ1) is 14.8. The molecule has 0 radical (unpaired) electrons. The second-order valence-corrected chi connectivity index (χ2v) is 5.88. The molecule has 1 aliphatic rings. The van der Waals surface area contributed by atoms with E-state index in [4.69, 9.17) is 9.84 Å². The summed E-state index contributed by atoms with van der Waals surface area (Å²) in [6, 6.07) is 13.5. The molecular formula is C20H17NO3. The van der Waals surface area contributed by atoms with E-state index in [-0.39, 0.29) is 12.4 Å². The molecule has 120 valence electrons. The van der Waals surface area contributed by atoms with Crippen LogP contribution in [0.3, 0.4) is 0 Å². The molecule has 4 rings (SSSR count). The van der Waals surface area contributed by atoms with Gasteiger partial charge in [0.15, 0.2) is 0 Å². The molecule has 4 heteroatoms. The zero-order chi connectivity index (χ0) is 16.5. The highest BCUT2D eigenvalue weighted by molar-refractivity contribution is 6.24. The molecule has 1 heterocycles. The number of fused-ring (bicyclic) bond motifs is 2. The van der Waals surface area contributed by atoms with E-state index < -0.39 is 0 Å². The Kier molecular flexibility index (Phi) is 3.75. The molecule has 24 heavy (non-hydrogen) atoms. The minimum absolute atomic E-state index is 0.0406. The molecular weight excluding hydrogens is 302 g/mol. The van der Waals surface area contributed by atoms with E-state index >= 15 is 0 Å². The topological polar surface area (TPSA) is 59.4 Å². The van der Waals surface area contributed by atoms with Gasteiger partial charge in [0.05, 0.1) is 6.61 Å². The smallest absolute Gasteiger partial charge is 0.212 e. The van der Waals surface area contributed by atoms with Crippen molar-refractivity contribution in [2.75, 3.05) is 13.2 Å². The number of unbranched alkanes of at least 4 members (excludes halogenated alkanes) is 1. The lowest BCUT2D eigenvalue weighted by atomic mass is 9.85. The number of hydrogen-bond donors (Lipinski definition) is 1. The normalized spacial score (nSPS) is 12.3. The standard InChI is InChI=1S/C20H17NO3/c22-10-1-2-11-24-14-6-7-16-17(12-14)15-5-3-4-13-8-9-21-19(18(13)15)20(16)23/h3-9,12,22H,1-2,10-11H2. The summed E-state index contributed by atoms with van der Waals surface area (Å²) in [5, 5.41) is 10.8. The molecule has 0 spiro atoms. The molecule has 1 aromatic heterocycles. The molecule has 0 aliphatic heterocycles. The van der Waals surface area contributed by atoms with Crippen LogP contribution in [0.2, 0.25) is 0 Å². The Morgan fingerprint density at radius 3 is 2.79 bits per heavy atom. The van der Waals surface area contributed by atoms with Crippen LogP contribution in [0.5, 0.6) is 5.75 Å². The number of rotatable bonds is 5. The predicted molar refractivity (Wildman–Crippen MR) is 92.4 cm³/mol. The van der Waals surface area contributed by atoms with E-state index in [2.05, 4.69) is 4.98 Å². The summed E-state index contributed by atoms with van der Waals surface area (Å²) in [6.45, 7) is 0.726. The SMILES string of the molecule is O=C1c2ccc(OCCCCO)cc2-c2cccc3ccnc1c23. The van der Waals surface area contributed by atoms with Gasteiger partial charge in [-0.15, -0.1) is 0 Å². The van der Waals surface area contributed by atoms with Crippen molar-refractivity contribution in [3.8, 4) is 16.9 Å². The first-order chi connectivity index (χ1) is 11.8. The van der Waals surface area contributed by atoms with Crippen LogP contribution in [0.1, 0.15) is 28.9 Å². The monoisotopic (exact) mass is 319 g/mol. The van der Waals surface area contributed by atoms with Crippen LogP contribution in [0.4, 0.5) is 0 Å². The highest BCUT2D eigenvalue weighted by atomic mass is 16.5. The second-order valence-electron chi connectivity index (χ2n) is 5.88. The number of hydrogen-bond acceptors (Lipinski definition) is 4. The van der Waals surface area contributed by atoms with Crippen LogP contribution in [-0.2, 0) is 0 Å². The summed E-state index contributed by atoms with van der Waals surface area (Å²) in [6.07, 6.45) is 3.21. The number of aliphatic hydroxyl groups is 1. The molecule has 0 unspecified atom stereocenters. The fourth-order valence-electron chi connectivity index (χ4n) is 3.19. The lowest BCUT2D eigenvalue weighted by Gasteiger charge is -2.19. The van der Waals surface area contributed by atoms with Gasteiger partial charge in [0.25, 0.3) is 0 Å². The molecule has 0 saturated carbocycles. The summed E-state index contributed by atoms with van der Waals surface area (Å²) in [7, 11) is 0. The third kappa shape index (κ3) is 2.36. The maximum Gasteiger partial charge on any atom is 0.212 e. The fourth-order valence-corrected chi connectivity index (χ4v) is 3.19. The number of aromatic nitrogens is 1. The Balaban J connectivity index is 1.79. The Morgan fingerprint density at radius 2 is 1.92 bits per heavy atom.